The van der Waals surface area contributed by atoms with Crippen molar-refractivity contribution in [3.8, 4) is 0 Å². The molecule has 0 aliphatic carbocycles. The summed E-state index contributed by atoms with van der Waals surface area (Å²) in [5.41, 5.74) is 0.270. The molecular formula is C32H34O8. The third kappa shape index (κ3) is 5.57. The lowest BCUT2D eigenvalue weighted by molar-refractivity contribution is -0.162. The summed E-state index contributed by atoms with van der Waals surface area (Å²) in [5, 5.41) is 0. The summed E-state index contributed by atoms with van der Waals surface area (Å²) in [6.45, 7) is 10.4. The normalized spacial score (nSPS) is 21.9. The largest absolute Gasteiger partial charge is 0.453 e. The van der Waals surface area contributed by atoms with Crippen LogP contribution in [0.5, 0.6) is 0 Å². The summed E-state index contributed by atoms with van der Waals surface area (Å²) in [5.74, 6) is -2.10. The standard InChI is InChI=1S/C32H34O8/c1-19-25(31(3,4)27(39-29(19)35)21-13-9-7-10-14-21)37-23(33)17-18-24(34)38-26-20(2)30(36)40-28(32(26,5)6)22-15-11-8-12-16-22/h7-16,27-28H,17-18H2,1-6H3. The number of esters is 4. The molecule has 0 fully saturated rings. The molecule has 40 heavy (non-hydrogen) atoms. The molecule has 4 rings (SSSR count). The van der Waals surface area contributed by atoms with Crippen LogP contribution in [0, 0.1) is 10.8 Å². The highest BCUT2D eigenvalue weighted by atomic mass is 16.6. The molecule has 8 nitrogen and oxygen atoms in total. The first-order chi connectivity index (χ1) is 18.8. The third-order valence-electron chi connectivity index (χ3n) is 7.39. The summed E-state index contributed by atoms with van der Waals surface area (Å²) in [6, 6.07) is 18.5. The molecule has 210 valence electrons. The fourth-order valence-electron chi connectivity index (χ4n) is 5.25. The molecule has 0 aromatic heterocycles. The Bertz CT molecular complexity index is 1280. The predicted octanol–water partition coefficient (Wildman–Crippen LogP) is 6.05. The van der Waals surface area contributed by atoms with E-state index in [0.717, 1.165) is 11.1 Å². The molecule has 8 heteroatoms. The fourth-order valence-corrected chi connectivity index (χ4v) is 5.25. The van der Waals surface area contributed by atoms with Crippen molar-refractivity contribution in [1.29, 1.82) is 0 Å². The summed E-state index contributed by atoms with van der Waals surface area (Å²) in [4.78, 5) is 50.9. The van der Waals surface area contributed by atoms with E-state index in [0.29, 0.717) is 0 Å². The summed E-state index contributed by atoms with van der Waals surface area (Å²) >= 11 is 0. The minimum Gasteiger partial charge on any atom is -0.453 e. The van der Waals surface area contributed by atoms with Gasteiger partial charge in [-0.15, -0.1) is 0 Å². The Balaban J connectivity index is 1.44. The Morgan fingerprint density at radius 1 is 0.650 bits per heavy atom. The van der Waals surface area contributed by atoms with Crippen LogP contribution in [0.25, 0.3) is 0 Å². The minimum atomic E-state index is -0.837. The lowest BCUT2D eigenvalue weighted by Gasteiger charge is -2.39. The Morgan fingerprint density at radius 2 is 0.975 bits per heavy atom. The van der Waals surface area contributed by atoms with Crippen molar-refractivity contribution in [2.45, 2.75) is 66.6 Å². The molecular weight excluding hydrogens is 512 g/mol. The third-order valence-corrected chi connectivity index (χ3v) is 7.39. The summed E-state index contributed by atoms with van der Waals surface area (Å²) < 4.78 is 22.7. The van der Waals surface area contributed by atoms with Crippen molar-refractivity contribution >= 4 is 23.9 Å². The van der Waals surface area contributed by atoms with Crippen LogP contribution in [0.4, 0.5) is 0 Å². The predicted molar refractivity (Wildman–Crippen MR) is 145 cm³/mol. The van der Waals surface area contributed by atoms with Crippen LogP contribution in [0.2, 0.25) is 0 Å². The average Bonchev–Trinajstić information content (AvgIpc) is 2.93. The highest BCUT2D eigenvalue weighted by Crippen LogP contribution is 2.49. The molecule has 0 amide bonds. The zero-order valence-corrected chi connectivity index (χ0v) is 23.6. The second kappa shape index (κ2) is 11.1. The van der Waals surface area contributed by atoms with Gasteiger partial charge in [0.2, 0.25) is 0 Å². The van der Waals surface area contributed by atoms with Gasteiger partial charge >= 0.3 is 23.9 Å². The Hall–Kier alpha value is -4.20. The van der Waals surface area contributed by atoms with Gasteiger partial charge in [-0.05, 0) is 52.7 Å². The van der Waals surface area contributed by atoms with Gasteiger partial charge in [0.15, 0.2) is 0 Å². The molecule has 0 saturated heterocycles. The van der Waals surface area contributed by atoms with Gasteiger partial charge in [-0.1, -0.05) is 60.7 Å². The van der Waals surface area contributed by atoms with E-state index in [4.69, 9.17) is 18.9 Å². The van der Waals surface area contributed by atoms with E-state index in [9.17, 15) is 19.2 Å². The molecule has 0 bridgehead atoms. The maximum atomic E-state index is 12.9. The zero-order valence-electron chi connectivity index (χ0n) is 23.6. The molecule has 2 aliphatic rings. The number of cyclic esters (lactones) is 2. The molecule has 0 spiro atoms. The van der Waals surface area contributed by atoms with Crippen LogP contribution in [-0.2, 0) is 38.1 Å². The van der Waals surface area contributed by atoms with E-state index >= 15 is 0 Å². The number of carbonyl (C=O) groups is 4. The van der Waals surface area contributed by atoms with Crippen molar-refractivity contribution < 1.29 is 38.1 Å². The van der Waals surface area contributed by atoms with Crippen LogP contribution >= 0.6 is 0 Å². The van der Waals surface area contributed by atoms with Gasteiger partial charge < -0.3 is 18.9 Å². The maximum absolute atomic E-state index is 12.9. The monoisotopic (exact) mass is 546 g/mol. The van der Waals surface area contributed by atoms with Crippen LogP contribution in [0.1, 0.15) is 77.7 Å². The van der Waals surface area contributed by atoms with Gasteiger partial charge in [0, 0.05) is 0 Å². The maximum Gasteiger partial charge on any atom is 0.337 e. The first-order valence-corrected chi connectivity index (χ1v) is 13.2. The first kappa shape index (κ1) is 28.8. The average molecular weight is 547 g/mol. The molecule has 2 atom stereocenters. The van der Waals surface area contributed by atoms with Gasteiger partial charge in [0.05, 0.1) is 34.8 Å². The van der Waals surface area contributed by atoms with Crippen molar-refractivity contribution in [1.82, 2.24) is 0 Å². The Morgan fingerprint density at radius 3 is 1.30 bits per heavy atom. The van der Waals surface area contributed by atoms with Crippen molar-refractivity contribution in [3.63, 3.8) is 0 Å². The quantitative estimate of drug-likeness (QED) is 0.305. The van der Waals surface area contributed by atoms with Crippen LogP contribution in [0.15, 0.2) is 83.3 Å². The van der Waals surface area contributed by atoms with E-state index in [2.05, 4.69) is 0 Å². The molecule has 0 saturated carbocycles. The van der Waals surface area contributed by atoms with Gasteiger partial charge in [0.25, 0.3) is 0 Å². The summed E-state index contributed by atoms with van der Waals surface area (Å²) in [7, 11) is 0. The number of rotatable bonds is 7. The van der Waals surface area contributed by atoms with E-state index < -0.39 is 46.9 Å². The molecule has 2 heterocycles. The molecule has 2 aromatic carbocycles. The minimum absolute atomic E-state index is 0.198. The SMILES string of the molecule is CC1=C(OC(=O)CCC(=O)OC2=C(C)C(=O)OC(c3ccccc3)C2(C)C)C(C)(C)C(c2ccccc2)OC1=O. The molecule has 2 aliphatic heterocycles. The Labute approximate surface area is 233 Å². The number of hydrogen-bond donors (Lipinski definition) is 0. The van der Waals surface area contributed by atoms with Crippen LogP contribution < -0.4 is 0 Å². The van der Waals surface area contributed by atoms with Gasteiger partial charge in [-0.2, -0.15) is 0 Å². The molecule has 2 unspecified atom stereocenters. The molecule has 0 radical (unpaired) electrons. The molecule has 2 aromatic rings. The number of hydrogen-bond acceptors (Lipinski definition) is 8. The van der Waals surface area contributed by atoms with E-state index in [1.165, 1.54) is 0 Å². The van der Waals surface area contributed by atoms with Crippen molar-refractivity contribution in [2.75, 3.05) is 0 Å². The fraction of sp³-hybridized carbons (Fsp3) is 0.375. The van der Waals surface area contributed by atoms with Crippen molar-refractivity contribution in [2.24, 2.45) is 10.8 Å². The second-order valence-electron chi connectivity index (χ2n) is 11.2. The van der Waals surface area contributed by atoms with E-state index in [-0.39, 0.29) is 35.5 Å². The van der Waals surface area contributed by atoms with Crippen molar-refractivity contribution in [3.05, 3.63) is 94.5 Å². The lowest BCUT2D eigenvalue weighted by Crippen LogP contribution is -2.37. The summed E-state index contributed by atoms with van der Waals surface area (Å²) in [6.07, 6.45) is -1.87. The number of ether oxygens (including phenoxy) is 4. The van der Waals surface area contributed by atoms with Crippen LogP contribution in [-0.4, -0.2) is 23.9 Å². The van der Waals surface area contributed by atoms with Gasteiger partial charge in [-0.25, -0.2) is 9.59 Å². The van der Waals surface area contributed by atoms with Gasteiger partial charge in [0.1, 0.15) is 23.7 Å². The lowest BCUT2D eigenvalue weighted by atomic mass is 9.77. The highest BCUT2D eigenvalue weighted by molar-refractivity contribution is 5.91. The first-order valence-electron chi connectivity index (χ1n) is 13.2. The smallest absolute Gasteiger partial charge is 0.337 e. The number of benzene rings is 2. The number of carbonyl (C=O) groups excluding carboxylic acids is 4. The molecule has 0 N–H and O–H groups in total. The van der Waals surface area contributed by atoms with E-state index in [1.54, 1.807) is 13.8 Å². The van der Waals surface area contributed by atoms with Crippen LogP contribution in [0.3, 0.4) is 0 Å². The zero-order chi connectivity index (χ0) is 29.2. The second-order valence-corrected chi connectivity index (χ2v) is 11.2. The highest BCUT2D eigenvalue weighted by Gasteiger charge is 2.47. The topological polar surface area (TPSA) is 105 Å². The Kier molecular flexibility index (Phi) is 8.00. The van der Waals surface area contributed by atoms with E-state index in [1.807, 2.05) is 88.4 Å². The van der Waals surface area contributed by atoms with Gasteiger partial charge in [-0.3, -0.25) is 9.59 Å².